The van der Waals surface area contributed by atoms with Crippen LogP contribution in [0.2, 0.25) is 0 Å². The van der Waals surface area contributed by atoms with E-state index in [1.165, 1.54) is 24.1 Å². The molecule has 1 N–H and O–H groups in total. The van der Waals surface area contributed by atoms with Crippen LogP contribution in [0.25, 0.3) is 0 Å². The highest BCUT2D eigenvalue weighted by atomic mass is 32.1. The van der Waals surface area contributed by atoms with Crippen molar-refractivity contribution in [2.24, 2.45) is 0 Å². The predicted octanol–water partition coefficient (Wildman–Crippen LogP) is 3.13. The largest absolute Gasteiger partial charge is 0.376 e. The molecule has 2 atom stereocenters. The van der Waals surface area contributed by atoms with Crippen molar-refractivity contribution in [2.75, 3.05) is 31.6 Å². The Morgan fingerprint density at radius 2 is 2.30 bits per heavy atom. The van der Waals surface area contributed by atoms with E-state index in [-0.39, 0.29) is 0 Å². The molecule has 0 aromatic carbocycles. The van der Waals surface area contributed by atoms with Gasteiger partial charge in [-0.05, 0) is 39.7 Å². The molecule has 0 spiro atoms. The molecule has 4 nitrogen and oxygen atoms in total. The number of aryl methyl sites for hydroxylation is 1. The molecule has 1 fully saturated rings. The zero-order valence-corrected chi connectivity index (χ0v) is 13.9. The van der Waals surface area contributed by atoms with E-state index in [0.29, 0.717) is 12.1 Å². The fraction of sp³-hybridized carbons (Fsp3) is 0.800. The summed E-state index contributed by atoms with van der Waals surface area (Å²) < 4.78 is 5.82. The van der Waals surface area contributed by atoms with Gasteiger partial charge in [-0.15, -0.1) is 11.3 Å². The number of hydrogen-bond acceptors (Lipinski definition) is 5. The maximum atomic E-state index is 5.82. The molecule has 2 heterocycles. The number of thiazole rings is 1. The van der Waals surface area contributed by atoms with Crippen molar-refractivity contribution in [2.45, 2.75) is 52.2 Å². The van der Waals surface area contributed by atoms with Crippen molar-refractivity contribution in [1.29, 1.82) is 0 Å². The molecule has 114 valence electrons. The van der Waals surface area contributed by atoms with Crippen LogP contribution in [0.5, 0.6) is 0 Å². The summed E-state index contributed by atoms with van der Waals surface area (Å²) in [5.41, 5.74) is 1.15. The van der Waals surface area contributed by atoms with Crippen molar-refractivity contribution in [1.82, 2.24) is 10.3 Å². The van der Waals surface area contributed by atoms with E-state index in [2.05, 4.69) is 38.0 Å². The topological polar surface area (TPSA) is 37.4 Å². The zero-order chi connectivity index (χ0) is 14.5. The molecule has 1 aromatic rings. The minimum atomic E-state index is 0.368. The molecule has 1 aromatic heterocycles. The number of ether oxygens (including phenoxy) is 1. The van der Waals surface area contributed by atoms with E-state index >= 15 is 0 Å². The molecule has 0 bridgehead atoms. The van der Waals surface area contributed by atoms with Gasteiger partial charge in [-0.25, -0.2) is 4.98 Å². The first-order valence-corrected chi connectivity index (χ1v) is 8.47. The number of hydrogen-bond donors (Lipinski definition) is 1. The molecule has 1 aliphatic rings. The van der Waals surface area contributed by atoms with Gasteiger partial charge in [0.2, 0.25) is 0 Å². The van der Waals surface area contributed by atoms with Crippen molar-refractivity contribution in [3.05, 3.63) is 10.6 Å². The van der Waals surface area contributed by atoms with Crippen LogP contribution >= 0.6 is 11.3 Å². The Bertz CT molecular complexity index is 415. The second kappa shape index (κ2) is 7.38. The fourth-order valence-electron chi connectivity index (χ4n) is 2.69. The molecular weight excluding hydrogens is 270 g/mol. The van der Waals surface area contributed by atoms with E-state index < -0.39 is 0 Å². The van der Waals surface area contributed by atoms with E-state index in [1.807, 2.05) is 0 Å². The normalized spacial score (nSPS) is 20.9. The number of likely N-dealkylation sites (N-methyl/N-ethyl adjacent to an activating group) is 1. The predicted molar refractivity (Wildman–Crippen MR) is 85.8 cm³/mol. The Balaban J connectivity index is 1.99. The van der Waals surface area contributed by atoms with Crippen LogP contribution < -0.4 is 10.2 Å². The first-order valence-electron chi connectivity index (χ1n) is 7.65. The molecule has 1 saturated heterocycles. The van der Waals surface area contributed by atoms with Crippen molar-refractivity contribution >= 4 is 16.5 Å². The number of anilines is 1. The Morgan fingerprint density at radius 1 is 1.50 bits per heavy atom. The van der Waals surface area contributed by atoms with Crippen LogP contribution in [0.4, 0.5) is 5.13 Å². The lowest BCUT2D eigenvalue weighted by atomic mass is 10.1. The van der Waals surface area contributed by atoms with Crippen LogP contribution in [-0.2, 0) is 4.74 Å². The average Bonchev–Trinajstić information content (AvgIpc) is 2.82. The zero-order valence-electron chi connectivity index (χ0n) is 13.1. The minimum absolute atomic E-state index is 0.368. The molecule has 0 aliphatic carbocycles. The quantitative estimate of drug-likeness (QED) is 0.875. The van der Waals surface area contributed by atoms with E-state index in [0.717, 1.165) is 30.5 Å². The van der Waals surface area contributed by atoms with Gasteiger partial charge in [0.1, 0.15) is 0 Å². The summed E-state index contributed by atoms with van der Waals surface area (Å²) >= 11 is 1.80. The summed E-state index contributed by atoms with van der Waals surface area (Å²) in [7, 11) is 2.12. The Kier molecular flexibility index (Phi) is 5.81. The van der Waals surface area contributed by atoms with Gasteiger partial charge in [0, 0.05) is 31.1 Å². The minimum Gasteiger partial charge on any atom is -0.376 e. The van der Waals surface area contributed by atoms with Crippen molar-refractivity contribution < 1.29 is 4.74 Å². The molecule has 1 aliphatic heterocycles. The van der Waals surface area contributed by atoms with Crippen molar-refractivity contribution in [3.8, 4) is 0 Å². The first kappa shape index (κ1) is 15.7. The van der Waals surface area contributed by atoms with Gasteiger partial charge in [-0.1, -0.05) is 6.92 Å². The molecule has 2 unspecified atom stereocenters. The molecule has 0 saturated carbocycles. The summed E-state index contributed by atoms with van der Waals surface area (Å²) in [5.74, 6) is 0. The van der Waals surface area contributed by atoms with Gasteiger partial charge in [0.05, 0.1) is 11.8 Å². The maximum Gasteiger partial charge on any atom is 0.185 e. The number of aromatic nitrogens is 1. The molecule has 5 heteroatoms. The highest BCUT2D eigenvalue weighted by Gasteiger charge is 2.20. The first-order chi connectivity index (χ1) is 9.61. The average molecular weight is 297 g/mol. The highest BCUT2D eigenvalue weighted by Crippen LogP contribution is 2.30. The van der Waals surface area contributed by atoms with Crippen LogP contribution in [0.3, 0.4) is 0 Å². The maximum absolute atomic E-state index is 5.82. The molecule has 2 rings (SSSR count). The Labute approximate surface area is 126 Å². The van der Waals surface area contributed by atoms with Gasteiger partial charge in [-0.2, -0.15) is 0 Å². The van der Waals surface area contributed by atoms with Crippen LogP contribution in [0, 0.1) is 6.92 Å². The monoisotopic (exact) mass is 297 g/mol. The SMILES string of the molecule is CCNC(C)c1sc(N(C)CC2CCCCO2)nc1C. The highest BCUT2D eigenvalue weighted by molar-refractivity contribution is 7.15. The van der Waals surface area contributed by atoms with Gasteiger partial charge in [-0.3, -0.25) is 0 Å². The third-order valence-electron chi connectivity index (χ3n) is 3.80. The summed E-state index contributed by atoms with van der Waals surface area (Å²) in [6.07, 6.45) is 4.04. The van der Waals surface area contributed by atoms with E-state index in [1.54, 1.807) is 11.3 Å². The van der Waals surface area contributed by atoms with Crippen LogP contribution in [-0.4, -0.2) is 37.8 Å². The van der Waals surface area contributed by atoms with E-state index in [4.69, 9.17) is 9.72 Å². The number of rotatable bonds is 6. The number of nitrogens with zero attached hydrogens (tertiary/aromatic N) is 2. The fourth-order valence-corrected chi connectivity index (χ4v) is 3.76. The lowest BCUT2D eigenvalue weighted by molar-refractivity contribution is 0.0216. The molecule has 0 amide bonds. The Hall–Kier alpha value is -0.650. The summed E-state index contributed by atoms with van der Waals surface area (Å²) in [6, 6.07) is 0.380. The van der Waals surface area contributed by atoms with Gasteiger partial charge < -0.3 is 15.0 Å². The second-order valence-corrected chi connectivity index (χ2v) is 6.60. The third kappa shape index (κ3) is 3.93. The number of nitrogens with one attached hydrogen (secondary N) is 1. The lowest BCUT2D eigenvalue weighted by Crippen LogP contribution is -2.33. The van der Waals surface area contributed by atoms with Gasteiger partial charge >= 0.3 is 0 Å². The second-order valence-electron chi connectivity index (χ2n) is 5.59. The van der Waals surface area contributed by atoms with Gasteiger partial charge in [0.15, 0.2) is 5.13 Å². The summed E-state index contributed by atoms with van der Waals surface area (Å²) in [6.45, 7) is 9.30. The molecule has 20 heavy (non-hydrogen) atoms. The van der Waals surface area contributed by atoms with Crippen LogP contribution in [0.15, 0.2) is 0 Å². The summed E-state index contributed by atoms with van der Waals surface area (Å²) in [4.78, 5) is 8.32. The van der Waals surface area contributed by atoms with Crippen molar-refractivity contribution in [3.63, 3.8) is 0 Å². The standard InChI is InChI=1S/C15H27N3OS/c1-5-16-11(2)14-12(3)17-15(20-14)18(4)10-13-8-6-7-9-19-13/h11,13,16H,5-10H2,1-4H3. The van der Waals surface area contributed by atoms with Crippen LogP contribution in [0.1, 0.15) is 49.7 Å². The smallest absolute Gasteiger partial charge is 0.185 e. The molecule has 0 radical (unpaired) electrons. The van der Waals surface area contributed by atoms with Gasteiger partial charge in [0.25, 0.3) is 0 Å². The van der Waals surface area contributed by atoms with E-state index in [9.17, 15) is 0 Å². The molecular formula is C15H27N3OS. The third-order valence-corrected chi connectivity index (χ3v) is 5.26. The Morgan fingerprint density at radius 3 is 2.95 bits per heavy atom. The lowest BCUT2D eigenvalue weighted by Gasteiger charge is -2.27. The summed E-state index contributed by atoms with van der Waals surface area (Å²) in [5, 5.41) is 4.57.